The molecule has 2 bridgehead atoms. The molecule has 0 unspecified atom stereocenters. The summed E-state index contributed by atoms with van der Waals surface area (Å²) in [4.78, 5) is 8.98. The van der Waals surface area contributed by atoms with Crippen molar-refractivity contribution in [1.29, 1.82) is 0 Å². The fourth-order valence-corrected chi connectivity index (χ4v) is 3.70. The molecule has 4 rings (SSSR count). The van der Waals surface area contributed by atoms with Crippen LogP contribution < -0.4 is 9.80 Å². The predicted octanol–water partition coefficient (Wildman–Crippen LogP) is 3.16. The van der Waals surface area contributed by atoms with Crippen LogP contribution in [0.25, 0.3) is 11.3 Å². The molecule has 0 amide bonds. The van der Waals surface area contributed by atoms with Gasteiger partial charge in [-0.3, -0.25) is 0 Å². The molecule has 2 aliphatic rings. The zero-order valence-electron chi connectivity index (χ0n) is 13.5. The highest BCUT2D eigenvalue weighted by molar-refractivity contribution is 5.76. The van der Waals surface area contributed by atoms with E-state index in [1.54, 1.807) is 12.1 Å². The van der Waals surface area contributed by atoms with Gasteiger partial charge in [-0.15, -0.1) is 0 Å². The van der Waals surface area contributed by atoms with Gasteiger partial charge in [0.1, 0.15) is 0 Å². The molecule has 7 heteroatoms. The van der Waals surface area contributed by atoms with Gasteiger partial charge in [0.15, 0.2) is 5.82 Å². The number of benzene rings is 1. The average Bonchev–Trinajstić information content (AvgIpc) is 3.03. The van der Waals surface area contributed by atoms with E-state index in [9.17, 15) is 18.3 Å². The summed E-state index contributed by atoms with van der Waals surface area (Å²) in [5.74, 6) is 0.748. The molecule has 0 spiro atoms. The van der Waals surface area contributed by atoms with Gasteiger partial charge in [-0.05, 0) is 30.7 Å². The van der Waals surface area contributed by atoms with E-state index in [0.29, 0.717) is 23.8 Å². The minimum absolute atomic E-state index is 0.0193. The van der Waals surface area contributed by atoms with Crippen LogP contribution in [0.4, 0.5) is 24.7 Å². The molecule has 2 aliphatic heterocycles. The van der Waals surface area contributed by atoms with E-state index in [0.717, 1.165) is 43.1 Å². The first kappa shape index (κ1) is 16.2. The molecule has 4 nitrogen and oxygen atoms in total. The van der Waals surface area contributed by atoms with Crippen LogP contribution in [0.5, 0.6) is 0 Å². The van der Waals surface area contributed by atoms with Gasteiger partial charge in [0, 0.05) is 31.2 Å². The molecular weight excluding hydrogens is 331 g/mol. The third-order valence-corrected chi connectivity index (χ3v) is 4.90. The molecular formula is C18H18F3N3O. The summed E-state index contributed by atoms with van der Waals surface area (Å²) in [5.41, 5.74) is 1.25. The minimum atomic E-state index is -4.38. The number of alkyl halides is 3. The van der Waals surface area contributed by atoms with E-state index in [2.05, 4.69) is 14.8 Å². The van der Waals surface area contributed by atoms with Gasteiger partial charge >= 0.3 is 6.18 Å². The molecule has 1 N–H and O–H groups in total. The number of nitrogens with zero attached hydrogens (tertiary/aromatic N) is 3. The number of rotatable bonds is 3. The lowest BCUT2D eigenvalue weighted by atomic mass is 10.1. The Balaban J connectivity index is 1.77. The summed E-state index contributed by atoms with van der Waals surface area (Å²) < 4.78 is 38.9. The SMILES string of the molecule is OCCN1c2nc(-c3cccc(C(F)(F)F)c3)ccc2N2CC[C@H]1C2. The second kappa shape index (κ2) is 5.91. The average molecular weight is 349 g/mol. The molecule has 0 aliphatic carbocycles. The van der Waals surface area contributed by atoms with Gasteiger partial charge in [-0.25, -0.2) is 4.98 Å². The number of hydrogen-bond donors (Lipinski definition) is 1. The number of anilines is 2. The van der Waals surface area contributed by atoms with Crippen LogP contribution in [0, 0.1) is 0 Å². The highest BCUT2D eigenvalue weighted by Gasteiger charge is 2.36. The summed E-state index contributed by atoms with van der Waals surface area (Å²) in [7, 11) is 0. The fraction of sp³-hybridized carbons (Fsp3) is 0.389. The number of fused-ring (bicyclic) bond motifs is 4. The number of aromatic nitrogens is 1. The van der Waals surface area contributed by atoms with Gasteiger partial charge in [0.25, 0.3) is 0 Å². The van der Waals surface area contributed by atoms with Gasteiger partial charge in [0.05, 0.1) is 23.6 Å². The number of aliphatic hydroxyl groups is 1. The van der Waals surface area contributed by atoms with Crippen molar-refractivity contribution in [3.05, 3.63) is 42.0 Å². The quantitative estimate of drug-likeness (QED) is 0.924. The lowest BCUT2D eigenvalue weighted by Gasteiger charge is -2.37. The van der Waals surface area contributed by atoms with Gasteiger partial charge in [-0.1, -0.05) is 12.1 Å². The fourth-order valence-electron chi connectivity index (χ4n) is 3.70. The minimum Gasteiger partial charge on any atom is -0.395 e. The normalized spacial score (nSPS) is 19.3. The van der Waals surface area contributed by atoms with Crippen molar-refractivity contribution in [3.8, 4) is 11.3 Å². The molecule has 1 aromatic carbocycles. The van der Waals surface area contributed by atoms with E-state index in [4.69, 9.17) is 0 Å². The Morgan fingerprint density at radius 1 is 1.20 bits per heavy atom. The molecule has 1 saturated heterocycles. The zero-order valence-corrected chi connectivity index (χ0v) is 13.5. The van der Waals surface area contributed by atoms with Crippen molar-refractivity contribution >= 4 is 11.5 Å². The van der Waals surface area contributed by atoms with Crippen molar-refractivity contribution in [2.45, 2.75) is 18.6 Å². The molecule has 0 saturated carbocycles. The highest BCUT2D eigenvalue weighted by atomic mass is 19.4. The van der Waals surface area contributed by atoms with Crippen molar-refractivity contribution in [3.63, 3.8) is 0 Å². The van der Waals surface area contributed by atoms with Crippen LogP contribution in [-0.4, -0.2) is 42.4 Å². The van der Waals surface area contributed by atoms with Gasteiger partial charge in [0.2, 0.25) is 0 Å². The number of pyridine rings is 1. The van der Waals surface area contributed by atoms with Crippen LogP contribution in [0.2, 0.25) is 0 Å². The Kier molecular flexibility index (Phi) is 3.83. The zero-order chi connectivity index (χ0) is 17.6. The van der Waals surface area contributed by atoms with E-state index in [1.807, 2.05) is 6.07 Å². The van der Waals surface area contributed by atoms with Crippen LogP contribution >= 0.6 is 0 Å². The van der Waals surface area contributed by atoms with Crippen LogP contribution in [0.3, 0.4) is 0 Å². The standard InChI is InChI=1S/C18H18F3N3O/c19-18(20,21)13-3-1-2-12(10-13)15-4-5-16-17(22-15)24(8-9-25)14-6-7-23(16)11-14/h1-5,10,14,25H,6-9,11H2/t14-/m0/s1. The van der Waals surface area contributed by atoms with E-state index >= 15 is 0 Å². The van der Waals surface area contributed by atoms with Crippen LogP contribution in [0.1, 0.15) is 12.0 Å². The highest BCUT2D eigenvalue weighted by Crippen LogP contribution is 2.40. The Labute approximate surface area is 143 Å². The summed E-state index contributed by atoms with van der Waals surface area (Å²) in [6.07, 6.45) is -3.38. The number of β-amino-alcohol motifs (C(OH)–C–C–N with tert-alkyl or cyclic N) is 1. The summed E-state index contributed by atoms with van der Waals surface area (Å²) >= 11 is 0. The van der Waals surface area contributed by atoms with Gasteiger partial charge < -0.3 is 14.9 Å². The Morgan fingerprint density at radius 3 is 2.80 bits per heavy atom. The Hall–Kier alpha value is -2.28. The van der Waals surface area contributed by atoms with Crippen LogP contribution in [-0.2, 0) is 6.18 Å². The number of halogens is 3. The summed E-state index contributed by atoms with van der Waals surface area (Å²) in [5, 5.41) is 9.38. The van der Waals surface area contributed by atoms with Crippen molar-refractivity contribution in [2.24, 2.45) is 0 Å². The predicted molar refractivity (Wildman–Crippen MR) is 89.7 cm³/mol. The maximum Gasteiger partial charge on any atom is 0.416 e. The first-order chi connectivity index (χ1) is 12.0. The topological polar surface area (TPSA) is 39.6 Å². The smallest absolute Gasteiger partial charge is 0.395 e. The Bertz CT molecular complexity index is 793. The third kappa shape index (κ3) is 2.82. The molecule has 2 aromatic rings. The molecule has 1 fully saturated rings. The van der Waals surface area contributed by atoms with Crippen molar-refractivity contribution in [1.82, 2.24) is 4.98 Å². The Morgan fingerprint density at radius 2 is 2.04 bits per heavy atom. The van der Waals surface area contributed by atoms with E-state index in [-0.39, 0.29) is 6.61 Å². The monoisotopic (exact) mass is 349 g/mol. The first-order valence-corrected chi connectivity index (χ1v) is 8.28. The summed E-state index contributed by atoms with van der Waals surface area (Å²) in [6.45, 7) is 2.33. The number of hydrogen-bond acceptors (Lipinski definition) is 4. The maximum atomic E-state index is 13.0. The van der Waals surface area contributed by atoms with Crippen molar-refractivity contribution in [2.75, 3.05) is 36.0 Å². The lowest BCUT2D eigenvalue weighted by Crippen LogP contribution is -2.44. The molecule has 1 atom stereocenters. The second-order valence-electron chi connectivity index (χ2n) is 6.42. The molecule has 25 heavy (non-hydrogen) atoms. The van der Waals surface area contributed by atoms with Gasteiger partial charge in [-0.2, -0.15) is 13.2 Å². The molecule has 0 radical (unpaired) electrons. The first-order valence-electron chi connectivity index (χ1n) is 8.28. The van der Waals surface area contributed by atoms with Crippen molar-refractivity contribution < 1.29 is 18.3 Å². The van der Waals surface area contributed by atoms with E-state index in [1.165, 1.54) is 6.07 Å². The van der Waals surface area contributed by atoms with E-state index < -0.39 is 11.7 Å². The number of aliphatic hydroxyl groups excluding tert-OH is 1. The second-order valence-corrected chi connectivity index (χ2v) is 6.42. The molecule has 1 aromatic heterocycles. The molecule has 132 valence electrons. The summed E-state index contributed by atoms with van der Waals surface area (Å²) in [6, 6.07) is 9.21. The largest absolute Gasteiger partial charge is 0.416 e. The third-order valence-electron chi connectivity index (χ3n) is 4.90. The van der Waals surface area contributed by atoms with Crippen LogP contribution in [0.15, 0.2) is 36.4 Å². The molecule has 3 heterocycles. The lowest BCUT2D eigenvalue weighted by molar-refractivity contribution is -0.137. The maximum absolute atomic E-state index is 13.0.